The van der Waals surface area contributed by atoms with Crippen LogP contribution >= 0.6 is 24.0 Å². The number of nitrogens with zero attached hydrogens (tertiary/aromatic N) is 3. The summed E-state index contributed by atoms with van der Waals surface area (Å²) in [6.07, 6.45) is 3.52. The van der Waals surface area contributed by atoms with Crippen molar-refractivity contribution in [3.8, 4) is 0 Å². The Bertz CT molecular complexity index is 626. The fraction of sp³-hybridized carbons (Fsp3) is 0.375. The first-order valence-electron chi connectivity index (χ1n) is 7.35. The molecule has 0 aliphatic heterocycles. The molecular weight excluding hydrogens is 408 g/mol. The van der Waals surface area contributed by atoms with Gasteiger partial charge in [0.1, 0.15) is 5.82 Å². The van der Waals surface area contributed by atoms with E-state index in [1.165, 1.54) is 6.07 Å². The molecule has 2 N–H and O–H groups in total. The van der Waals surface area contributed by atoms with Crippen molar-refractivity contribution >= 4 is 29.9 Å². The molecule has 0 fully saturated rings. The summed E-state index contributed by atoms with van der Waals surface area (Å²) < 4.78 is 14.9. The molecule has 0 atom stereocenters. The minimum atomic E-state index is -0.181. The standard InChI is InChI=1S/C16H22FN5.HI/c1-18-16(20-12-15-8-10-21-22(15)2)19-9-4-6-13-5-3-7-14(17)11-13;/h3,5,7-8,10-11H,4,6,9,12H2,1-2H3,(H2,18,19,20);1H. The number of hydrogen-bond donors (Lipinski definition) is 2. The molecule has 0 saturated heterocycles. The van der Waals surface area contributed by atoms with Gasteiger partial charge < -0.3 is 10.6 Å². The molecule has 2 rings (SSSR count). The lowest BCUT2D eigenvalue weighted by molar-refractivity contribution is 0.624. The zero-order valence-electron chi connectivity index (χ0n) is 13.4. The predicted molar refractivity (Wildman–Crippen MR) is 102 cm³/mol. The molecule has 126 valence electrons. The lowest BCUT2D eigenvalue weighted by Crippen LogP contribution is -2.37. The first-order valence-corrected chi connectivity index (χ1v) is 7.35. The third-order valence-electron chi connectivity index (χ3n) is 3.41. The van der Waals surface area contributed by atoms with Crippen LogP contribution in [0, 0.1) is 5.82 Å². The molecule has 5 nitrogen and oxygen atoms in total. The Hall–Kier alpha value is -1.64. The van der Waals surface area contributed by atoms with Gasteiger partial charge in [0.25, 0.3) is 0 Å². The van der Waals surface area contributed by atoms with Crippen LogP contribution in [0.2, 0.25) is 0 Å². The highest BCUT2D eigenvalue weighted by atomic mass is 127. The van der Waals surface area contributed by atoms with Crippen LogP contribution in [0.3, 0.4) is 0 Å². The van der Waals surface area contributed by atoms with Crippen molar-refractivity contribution in [1.29, 1.82) is 0 Å². The molecule has 0 amide bonds. The summed E-state index contributed by atoms with van der Waals surface area (Å²) >= 11 is 0. The first kappa shape index (κ1) is 19.4. The van der Waals surface area contributed by atoms with Gasteiger partial charge in [-0.3, -0.25) is 9.67 Å². The molecule has 7 heteroatoms. The van der Waals surface area contributed by atoms with E-state index in [9.17, 15) is 4.39 Å². The van der Waals surface area contributed by atoms with Gasteiger partial charge in [0.05, 0.1) is 12.2 Å². The summed E-state index contributed by atoms with van der Waals surface area (Å²) in [5, 5.41) is 10.6. The maximum absolute atomic E-state index is 13.1. The number of nitrogens with one attached hydrogen (secondary N) is 2. The highest BCUT2D eigenvalue weighted by molar-refractivity contribution is 14.0. The van der Waals surface area contributed by atoms with Gasteiger partial charge >= 0.3 is 0 Å². The molecule has 0 bridgehead atoms. The second-order valence-corrected chi connectivity index (χ2v) is 5.03. The largest absolute Gasteiger partial charge is 0.356 e. The fourth-order valence-corrected chi connectivity index (χ4v) is 2.16. The molecule has 1 heterocycles. The van der Waals surface area contributed by atoms with Crippen LogP contribution in [-0.2, 0) is 20.0 Å². The molecule has 0 radical (unpaired) electrons. The number of aryl methyl sites for hydroxylation is 2. The molecule has 0 aliphatic rings. The molecule has 2 aromatic rings. The summed E-state index contributed by atoms with van der Waals surface area (Å²) in [6.45, 7) is 1.45. The van der Waals surface area contributed by atoms with Crippen LogP contribution in [0.1, 0.15) is 17.7 Å². The molecule has 1 aromatic carbocycles. The zero-order chi connectivity index (χ0) is 15.8. The second-order valence-electron chi connectivity index (χ2n) is 5.03. The van der Waals surface area contributed by atoms with E-state index >= 15 is 0 Å². The average Bonchev–Trinajstić information content (AvgIpc) is 2.92. The second kappa shape index (κ2) is 10.2. The normalized spacial score (nSPS) is 11.0. The minimum Gasteiger partial charge on any atom is -0.356 e. The van der Waals surface area contributed by atoms with E-state index in [1.807, 2.05) is 23.9 Å². The van der Waals surface area contributed by atoms with Crippen molar-refractivity contribution in [2.45, 2.75) is 19.4 Å². The van der Waals surface area contributed by atoms with Gasteiger partial charge in [-0.2, -0.15) is 5.10 Å². The topological polar surface area (TPSA) is 54.2 Å². The van der Waals surface area contributed by atoms with Crippen molar-refractivity contribution in [3.63, 3.8) is 0 Å². The van der Waals surface area contributed by atoms with E-state index in [-0.39, 0.29) is 29.8 Å². The Balaban J connectivity index is 0.00000264. The molecule has 1 aromatic heterocycles. The van der Waals surface area contributed by atoms with Crippen molar-refractivity contribution in [2.24, 2.45) is 12.0 Å². The van der Waals surface area contributed by atoms with E-state index in [0.29, 0.717) is 6.54 Å². The summed E-state index contributed by atoms with van der Waals surface area (Å²) in [5.74, 6) is 0.569. The van der Waals surface area contributed by atoms with Gasteiger partial charge in [-0.15, -0.1) is 24.0 Å². The number of hydrogen-bond acceptors (Lipinski definition) is 2. The summed E-state index contributed by atoms with van der Waals surface area (Å²) in [6, 6.07) is 8.69. The Morgan fingerprint density at radius 3 is 2.78 bits per heavy atom. The van der Waals surface area contributed by atoms with Gasteiger partial charge in [-0.25, -0.2) is 4.39 Å². The van der Waals surface area contributed by atoms with Gasteiger partial charge in [0.2, 0.25) is 0 Å². The van der Waals surface area contributed by atoms with E-state index < -0.39 is 0 Å². The lowest BCUT2D eigenvalue weighted by Gasteiger charge is -2.12. The summed E-state index contributed by atoms with van der Waals surface area (Å²) in [5.41, 5.74) is 2.10. The third-order valence-corrected chi connectivity index (χ3v) is 3.41. The highest BCUT2D eigenvalue weighted by Crippen LogP contribution is 2.05. The number of halogens is 2. The van der Waals surface area contributed by atoms with E-state index in [4.69, 9.17) is 0 Å². The Labute approximate surface area is 153 Å². The first-order chi connectivity index (χ1) is 10.7. The molecule has 0 saturated carbocycles. The van der Waals surface area contributed by atoms with Gasteiger partial charge in [0, 0.05) is 26.8 Å². The lowest BCUT2D eigenvalue weighted by atomic mass is 10.1. The number of aliphatic imine (C=N–C) groups is 1. The quantitative estimate of drug-likeness (QED) is 0.320. The van der Waals surface area contributed by atoms with Crippen LogP contribution in [0.25, 0.3) is 0 Å². The average molecular weight is 431 g/mol. The van der Waals surface area contributed by atoms with E-state index in [1.54, 1.807) is 25.4 Å². The van der Waals surface area contributed by atoms with Crippen LogP contribution in [0.5, 0.6) is 0 Å². The van der Waals surface area contributed by atoms with Crippen LogP contribution in [0.4, 0.5) is 4.39 Å². The van der Waals surface area contributed by atoms with E-state index in [0.717, 1.165) is 36.6 Å². The van der Waals surface area contributed by atoms with E-state index in [2.05, 4.69) is 20.7 Å². The summed E-state index contributed by atoms with van der Waals surface area (Å²) in [7, 11) is 3.65. The Morgan fingerprint density at radius 1 is 1.30 bits per heavy atom. The molecule has 0 unspecified atom stereocenters. The fourth-order valence-electron chi connectivity index (χ4n) is 2.16. The minimum absolute atomic E-state index is 0. The Morgan fingerprint density at radius 2 is 2.13 bits per heavy atom. The van der Waals surface area contributed by atoms with Crippen molar-refractivity contribution < 1.29 is 4.39 Å². The molecule has 23 heavy (non-hydrogen) atoms. The number of aromatic nitrogens is 2. The van der Waals surface area contributed by atoms with Crippen molar-refractivity contribution in [3.05, 3.63) is 53.6 Å². The number of benzene rings is 1. The predicted octanol–water partition coefficient (Wildman–Crippen LogP) is 2.48. The van der Waals surface area contributed by atoms with Crippen molar-refractivity contribution in [2.75, 3.05) is 13.6 Å². The number of rotatable bonds is 6. The Kier molecular flexibility index (Phi) is 8.60. The van der Waals surface area contributed by atoms with Gasteiger partial charge in [-0.1, -0.05) is 12.1 Å². The van der Waals surface area contributed by atoms with Gasteiger partial charge in [-0.05, 0) is 36.6 Å². The monoisotopic (exact) mass is 431 g/mol. The molecule has 0 spiro atoms. The van der Waals surface area contributed by atoms with Crippen LogP contribution in [0.15, 0.2) is 41.5 Å². The van der Waals surface area contributed by atoms with Crippen LogP contribution in [-0.4, -0.2) is 29.3 Å². The third kappa shape index (κ3) is 6.55. The maximum atomic E-state index is 13.1. The molecular formula is C16H23FIN5. The van der Waals surface area contributed by atoms with Crippen molar-refractivity contribution in [1.82, 2.24) is 20.4 Å². The van der Waals surface area contributed by atoms with Gasteiger partial charge in [0.15, 0.2) is 5.96 Å². The highest BCUT2D eigenvalue weighted by Gasteiger charge is 2.01. The maximum Gasteiger partial charge on any atom is 0.191 e. The SMILES string of the molecule is CN=C(NCCCc1cccc(F)c1)NCc1ccnn1C.I. The zero-order valence-corrected chi connectivity index (χ0v) is 15.8. The smallest absolute Gasteiger partial charge is 0.191 e. The van der Waals surface area contributed by atoms with Crippen LogP contribution < -0.4 is 10.6 Å². The molecule has 0 aliphatic carbocycles. The summed E-state index contributed by atoms with van der Waals surface area (Å²) in [4.78, 5) is 4.18. The number of guanidine groups is 1.